The first-order chi connectivity index (χ1) is 8.45. The van der Waals surface area contributed by atoms with Crippen molar-refractivity contribution >= 4 is 23.2 Å². The van der Waals surface area contributed by atoms with Crippen molar-refractivity contribution in [3.63, 3.8) is 0 Å². The average molecular weight is 271 g/mol. The van der Waals surface area contributed by atoms with E-state index in [9.17, 15) is 14.9 Å². The molecule has 0 aliphatic carbocycles. The van der Waals surface area contributed by atoms with Crippen molar-refractivity contribution in [3.05, 3.63) is 38.9 Å². The Balaban J connectivity index is 2.97. The SMILES string of the molecule is CCCC(C)NC(=O)c1cc(Cl)ccc1[N+](=O)[O-]. The van der Waals surface area contributed by atoms with E-state index in [0.717, 1.165) is 12.8 Å². The molecule has 1 N–H and O–H groups in total. The Bertz CT molecular complexity index is 463. The number of hydrogen-bond donors (Lipinski definition) is 1. The second-order valence-corrected chi connectivity index (χ2v) is 4.52. The van der Waals surface area contributed by atoms with E-state index in [-0.39, 0.29) is 17.3 Å². The van der Waals surface area contributed by atoms with Gasteiger partial charge in [-0.15, -0.1) is 0 Å². The molecule has 0 radical (unpaired) electrons. The molecular weight excluding hydrogens is 256 g/mol. The molecular formula is C12H15ClN2O3. The van der Waals surface area contributed by atoms with Crippen molar-refractivity contribution in [2.75, 3.05) is 0 Å². The number of nitro benzene ring substituents is 1. The van der Waals surface area contributed by atoms with Crippen molar-refractivity contribution < 1.29 is 9.72 Å². The fraction of sp³-hybridized carbons (Fsp3) is 0.417. The van der Waals surface area contributed by atoms with Crippen LogP contribution in [0.25, 0.3) is 0 Å². The zero-order valence-electron chi connectivity index (χ0n) is 10.3. The van der Waals surface area contributed by atoms with E-state index in [1.165, 1.54) is 18.2 Å². The highest BCUT2D eigenvalue weighted by Gasteiger charge is 2.21. The number of nitrogens with zero attached hydrogens (tertiary/aromatic N) is 1. The maximum atomic E-state index is 11.9. The van der Waals surface area contributed by atoms with Crippen LogP contribution >= 0.6 is 11.6 Å². The largest absolute Gasteiger partial charge is 0.349 e. The summed E-state index contributed by atoms with van der Waals surface area (Å²) in [5.41, 5.74) is -0.240. The summed E-state index contributed by atoms with van der Waals surface area (Å²) in [4.78, 5) is 22.2. The van der Waals surface area contributed by atoms with Crippen molar-refractivity contribution in [2.24, 2.45) is 0 Å². The molecule has 0 saturated heterocycles. The van der Waals surface area contributed by atoms with E-state index >= 15 is 0 Å². The quantitative estimate of drug-likeness (QED) is 0.660. The zero-order chi connectivity index (χ0) is 13.7. The molecule has 98 valence electrons. The summed E-state index contributed by atoms with van der Waals surface area (Å²) in [7, 11) is 0. The van der Waals surface area contributed by atoms with E-state index in [1.54, 1.807) is 0 Å². The topological polar surface area (TPSA) is 72.2 Å². The van der Waals surface area contributed by atoms with Crippen LogP contribution in [0.4, 0.5) is 5.69 Å². The van der Waals surface area contributed by atoms with Crippen LogP contribution in [0.15, 0.2) is 18.2 Å². The molecule has 1 rings (SSSR count). The first-order valence-electron chi connectivity index (χ1n) is 5.70. The minimum atomic E-state index is -0.588. The fourth-order valence-electron chi connectivity index (χ4n) is 1.66. The molecule has 18 heavy (non-hydrogen) atoms. The second kappa shape index (κ2) is 6.35. The van der Waals surface area contributed by atoms with E-state index in [0.29, 0.717) is 5.02 Å². The van der Waals surface area contributed by atoms with Crippen LogP contribution in [-0.2, 0) is 0 Å². The molecule has 1 aromatic carbocycles. The summed E-state index contributed by atoms with van der Waals surface area (Å²) in [5.74, 6) is -0.467. The van der Waals surface area contributed by atoms with Gasteiger partial charge in [0.15, 0.2) is 0 Å². The van der Waals surface area contributed by atoms with Gasteiger partial charge in [0.1, 0.15) is 5.56 Å². The van der Waals surface area contributed by atoms with Crippen LogP contribution in [0.5, 0.6) is 0 Å². The van der Waals surface area contributed by atoms with E-state index < -0.39 is 10.8 Å². The van der Waals surface area contributed by atoms with Gasteiger partial charge in [0.05, 0.1) is 4.92 Å². The Morgan fingerprint density at radius 2 is 2.22 bits per heavy atom. The minimum absolute atomic E-state index is 0.00421. The van der Waals surface area contributed by atoms with Gasteiger partial charge in [0.25, 0.3) is 11.6 Å². The number of nitrogens with one attached hydrogen (secondary N) is 1. The van der Waals surface area contributed by atoms with E-state index in [2.05, 4.69) is 5.32 Å². The Kier molecular flexibility index (Phi) is 5.09. The van der Waals surface area contributed by atoms with Gasteiger partial charge in [-0.05, 0) is 25.5 Å². The summed E-state index contributed by atoms with van der Waals surface area (Å²) >= 11 is 5.76. The summed E-state index contributed by atoms with van der Waals surface area (Å²) in [6.45, 7) is 3.86. The molecule has 0 saturated carbocycles. The first-order valence-corrected chi connectivity index (χ1v) is 6.08. The number of nitro groups is 1. The van der Waals surface area contributed by atoms with Crippen LogP contribution in [-0.4, -0.2) is 16.9 Å². The predicted octanol–water partition coefficient (Wildman–Crippen LogP) is 3.17. The van der Waals surface area contributed by atoms with Gasteiger partial charge in [-0.3, -0.25) is 14.9 Å². The maximum Gasteiger partial charge on any atom is 0.282 e. The molecule has 0 aromatic heterocycles. The van der Waals surface area contributed by atoms with Crippen LogP contribution in [0, 0.1) is 10.1 Å². The maximum absolute atomic E-state index is 11.9. The highest BCUT2D eigenvalue weighted by molar-refractivity contribution is 6.31. The lowest BCUT2D eigenvalue weighted by Crippen LogP contribution is -2.32. The Morgan fingerprint density at radius 1 is 1.56 bits per heavy atom. The third-order valence-corrected chi connectivity index (χ3v) is 2.73. The van der Waals surface area contributed by atoms with Gasteiger partial charge in [0.2, 0.25) is 0 Å². The summed E-state index contributed by atoms with van der Waals surface area (Å²) in [6, 6.07) is 3.92. The molecule has 1 aromatic rings. The third kappa shape index (κ3) is 3.70. The van der Waals surface area contributed by atoms with Gasteiger partial charge in [-0.1, -0.05) is 24.9 Å². The predicted molar refractivity (Wildman–Crippen MR) is 69.9 cm³/mol. The Morgan fingerprint density at radius 3 is 2.78 bits per heavy atom. The highest BCUT2D eigenvalue weighted by Crippen LogP contribution is 2.22. The molecule has 1 amide bonds. The monoisotopic (exact) mass is 270 g/mol. The summed E-state index contributed by atoms with van der Waals surface area (Å²) in [6.07, 6.45) is 1.75. The standard InChI is InChI=1S/C12H15ClN2O3/c1-3-4-8(2)14-12(16)10-7-9(13)5-6-11(10)15(17)18/h5-8H,3-4H2,1-2H3,(H,14,16). The van der Waals surface area contributed by atoms with Gasteiger partial charge >= 0.3 is 0 Å². The van der Waals surface area contributed by atoms with Gasteiger partial charge < -0.3 is 5.32 Å². The molecule has 0 spiro atoms. The number of halogens is 1. The fourth-order valence-corrected chi connectivity index (χ4v) is 1.83. The summed E-state index contributed by atoms with van der Waals surface area (Å²) < 4.78 is 0. The number of benzene rings is 1. The third-order valence-electron chi connectivity index (χ3n) is 2.50. The van der Waals surface area contributed by atoms with Crippen LogP contribution in [0.2, 0.25) is 5.02 Å². The van der Waals surface area contributed by atoms with Crippen LogP contribution in [0.3, 0.4) is 0 Å². The lowest BCUT2D eigenvalue weighted by atomic mass is 10.1. The van der Waals surface area contributed by atoms with Gasteiger partial charge in [-0.25, -0.2) is 0 Å². The van der Waals surface area contributed by atoms with Crippen molar-refractivity contribution in [3.8, 4) is 0 Å². The smallest absolute Gasteiger partial charge is 0.282 e. The summed E-state index contributed by atoms with van der Waals surface area (Å²) in [5, 5.41) is 13.8. The molecule has 0 heterocycles. The Hall–Kier alpha value is -1.62. The van der Waals surface area contributed by atoms with Crippen LogP contribution < -0.4 is 5.32 Å². The number of rotatable bonds is 5. The number of carbonyl (C=O) groups is 1. The molecule has 1 unspecified atom stereocenters. The van der Waals surface area contributed by atoms with E-state index in [4.69, 9.17) is 11.6 Å². The minimum Gasteiger partial charge on any atom is -0.349 e. The normalized spacial score (nSPS) is 11.9. The average Bonchev–Trinajstić information content (AvgIpc) is 2.28. The molecule has 0 aliphatic heterocycles. The van der Waals surface area contributed by atoms with Crippen molar-refractivity contribution in [2.45, 2.75) is 32.7 Å². The molecule has 6 heteroatoms. The number of amides is 1. The lowest BCUT2D eigenvalue weighted by molar-refractivity contribution is -0.385. The first kappa shape index (κ1) is 14.4. The van der Waals surface area contributed by atoms with Crippen molar-refractivity contribution in [1.29, 1.82) is 0 Å². The molecule has 1 atom stereocenters. The van der Waals surface area contributed by atoms with Crippen molar-refractivity contribution in [1.82, 2.24) is 5.32 Å². The number of carbonyl (C=O) groups excluding carboxylic acids is 1. The van der Waals surface area contributed by atoms with Crippen LogP contribution in [0.1, 0.15) is 37.0 Å². The Labute approximate surface area is 110 Å². The zero-order valence-corrected chi connectivity index (χ0v) is 11.0. The molecule has 0 aliphatic rings. The van der Waals surface area contributed by atoms with Gasteiger partial charge in [0, 0.05) is 17.1 Å². The van der Waals surface area contributed by atoms with E-state index in [1.807, 2.05) is 13.8 Å². The van der Waals surface area contributed by atoms with Gasteiger partial charge in [-0.2, -0.15) is 0 Å². The lowest BCUT2D eigenvalue weighted by Gasteiger charge is -2.12. The number of hydrogen-bond acceptors (Lipinski definition) is 3. The molecule has 5 nitrogen and oxygen atoms in total. The molecule has 0 fully saturated rings. The second-order valence-electron chi connectivity index (χ2n) is 4.08. The molecule has 0 bridgehead atoms. The highest BCUT2D eigenvalue weighted by atomic mass is 35.5.